The third-order valence-corrected chi connectivity index (χ3v) is 5.31. The van der Waals surface area contributed by atoms with Crippen molar-refractivity contribution >= 4 is 5.91 Å². The fraction of sp³-hybridized carbons (Fsp3) is 0.138. The summed E-state index contributed by atoms with van der Waals surface area (Å²) < 4.78 is 0. The van der Waals surface area contributed by atoms with Gasteiger partial charge in [0.1, 0.15) is 5.54 Å². The summed E-state index contributed by atoms with van der Waals surface area (Å²) in [5.41, 5.74) is 3.45. The van der Waals surface area contributed by atoms with Crippen molar-refractivity contribution in [1.29, 1.82) is 0 Å². The molecule has 0 bridgehead atoms. The molecule has 1 aromatic carbocycles. The van der Waals surface area contributed by atoms with Crippen LogP contribution in [0.2, 0.25) is 0 Å². The molecule has 2 rings (SSSR count). The lowest BCUT2D eigenvalue weighted by Gasteiger charge is -2.41. The summed E-state index contributed by atoms with van der Waals surface area (Å²) in [7, 11) is 0. The number of carbonyl (C=O) groups is 1. The highest BCUT2D eigenvalue weighted by molar-refractivity contribution is 6.06. The minimum atomic E-state index is -0.844. The molecule has 0 aromatic heterocycles. The van der Waals surface area contributed by atoms with Crippen molar-refractivity contribution in [2.75, 3.05) is 0 Å². The summed E-state index contributed by atoms with van der Waals surface area (Å²) >= 11 is 0. The molecule has 0 spiro atoms. The van der Waals surface area contributed by atoms with Gasteiger partial charge in [0.05, 0.1) is 0 Å². The van der Waals surface area contributed by atoms with Crippen LogP contribution in [-0.2, 0) is 10.3 Å². The molecule has 0 aliphatic carbocycles. The van der Waals surface area contributed by atoms with Crippen molar-refractivity contribution in [3.63, 3.8) is 0 Å². The van der Waals surface area contributed by atoms with Crippen LogP contribution in [-0.4, -0.2) is 10.8 Å². The van der Waals surface area contributed by atoms with Gasteiger partial charge in [-0.1, -0.05) is 105 Å². The van der Waals surface area contributed by atoms with Crippen molar-refractivity contribution in [3.8, 4) is 0 Å². The van der Waals surface area contributed by atoms with Crippen LogP contribution in [0.25, 0.3) is 0 Å². The zero-order valence-electron chi connectivity index (χ0n) is 18.7. The molecule has 1 aromatic rings. The summed E-state index contributed by atoms with van der Waals surface area (Å²) in [6.07, 6.45) is 20.6. The van der Waals surface area contributed by atoms with E-state index < -0.39 is 5.54 Å². The van der Waals surface area contributed by atoms with Crippen LogP contribution in [0.3, 0.4) is 0 Å². The second kappa shape index (κ2) is 10.9. The molecule has 0 radical (unpaired) electrons. The van der Waals surface area contributed by atoms with E-state index in [1.165, 1.54) is 0 Å². The summed E-state index contributed by atoms with van der Waals surface area (Å²) in [6.45, 7) is 17.4. The highest BCUT2D eigenvalue weighted by Crippen LogP contribution is 2.53. The lowest BCUT2D eigenvalue weighted by molar-refractivity contribution is -0.125. The fourth-order valence-corrected chi connectivity index (χ4v) is 4.14. The number of nitrogens with zero attached hydrogens (tertiary/aromatic N) is 1. The van der Waals surface area contributed by atoms with E-state index in [-0.39, 0.29) is 5.91 Å². The number of benzene rings is 1. The first kappa shape index (κ1) is 23.6. The van der Waals surface area contributed by atoms with E-state index in [0.717, 1.165) is 22.4 Å². The monoisotopic (exact) mass is 409 g/mol. The maximum absolute atomic E-state index is 13.9. The first-order valence-electron chi connectivity index (χ1n) is 10.4. The van der Waals surface area contributed by atoms with Gasteiger partial charge in [0, 0.05) is 11.3 Å². The van der Waals surface area contributed by atoms with Gasteiger partial charge in [-0.05, 0) is 49.6 Å². The van der Waals surface area contributed by atoms with Crippen LogP contribution in [0, 0.1) is 0 Å². The number of rotatable bonds is 8. The standard InChI is InChI=1S/C29H31NO/c1-7-13-19-23(10-4)29(24-20-16-15-17-21-24)27(12-6)26(18-9-3)28(31)30(29)25(11-5)22-14-8-2/h7-22H,1-3H2,4-6H3/b19-13-,22-14-,23-10+,25-11+,26-18+,27-12+. The predicted octanol–water partition coefficient (Wildman–Crippen LogP) is 7.12. The second-order valence-corrected chi connectivity index (χ2v) is 6.88. The number of amides is 1. The van der Waals surface area contributed by atoms with Crippen LogP contribution < -0.4 is 0 Å². The molecular formula is C29H31NO. The predicted molar refractivity (Wildman–Crippen MR) is 133 cm³/mol. The highest BCUT2D eigenvalue weighted by atomic mass is 16.2. The summed E-state index contributed by atoms with van der Waals surface area (Å²) in [4.78, 5) is 15.8. The zero-order valence-corrected chi connectivity index (χ0v) is 18.7. The van der Waals surface area contributed by atoms with Crippen molar-refractivity contribution < 1.29 is 4.79 Å². The minimum Gasteiger partial charge on any atom is -0.290 e. The smallest absolute Gasteiger partial charge is 0.259 e. The van der Waals surface area contributed by atoms with E-state index in [4.69, 9.17) is 0 Å². The quantitative estimate of drug-likeness (QED) is 0.331. The zero-order chi connectivity index (χ0) is 22.9. The number of hydrogen-bond donors (Lipinski definition) is 0. The summed E-state index contributed by atoms with van der Waals surface area (Å²) in [5, 5.41) is 0. The molecule has 2 nitrogen and oxygen atoms in total. The molecular weight excluding hydrogens is 378 g/mol. The Bertz CT molecular complexity index is 1030. The Hall–Kier alpha value is -3.65. The normalized spacial score (nSPS) is 22.8. The third kappa shape index (κ3) is 4.15. The summed E-state index contributed by atoms with van der Waals surface area (Å²) in [5.74, 6) is -0.0787. The van der Waals surface area contributed by atoms with E-state index in [9.17, 15) is 4.79 Å². The molecule has 1 heterocycles. The van der Waals surface area contributed by atoms with E-state index >= 15 is 0 Å². The molecule has 1 aliphatic rings. The van der Waals surface area contributed by atoms with Gasteiger partial charge in [-0.2, -0.15) is 0 Å². The first-order valence-corrected chi connectivity index (χ1v) is 10.4. The Balaban J connectivity index is 3.10. The number of allylic oxidation sites excluding steroid dienone is 10. The molecule has 2 heteroatoms. The molecule has 1 unspecified atom stereocenters. The Morgan fingerprint density at radius 1 is 0.903 bits per heavy atom. The van der Waals surface area contributed by atoms with Gasteiger partial charge >= 0.3 is 0 Å². The molecule has 0 saturated carbocycles. The van der Waals surface area contributed by atoms with Gasteiger partial charge in [-0.3, -0.25) is 9.69 Å². The molecule has 158 valence electrons. The van der Waals surface area contributed by atoms with E-state index in [0.29, 0.717) is 5.57 Å². The van der Waals surface area contributed by atoms with Crippen LogP contribution in [0.15, 0.2) is 139 Å². The van der Waals surface area contributed by atoms with Crippen LogP contribution in [0.4, 0.5) is 0 Å². The lowest BCUT2D eigenvalue weighted by atomic mass is 9.75. The van der Waals surface area contributed by atoms with Gasteiger partial charge in [-0.15, -0.1) is 0 Å². The van der Waals surface area contributed by atoms with Crippen LogP contribution in [0.5, 0.6) is 0 Å². The van der Waals surface area contributed by atoms with Crippen molar-refractivity contribution in [2.45, 2.75) is 26.3 Å². The van der Waals surface area contributed by atoms with E-state index in [2.05, 4.69) is 37.9 Å². The molecule has 0 N–H and O–H groups in total. The maximum atomic E-state index is 13.9. The largest absolute Gasteiger partial charge is 0.290 e. The molecule has 31 heavy (non-hydrogen) atoms. The van der Waals surface area contributed by atoms with Gasteiger partial charge in [0.25, 0.3) is 5.91 Å². The Labute approximate surface area is 187 Å². The summed E-state index contributed by atoms with van der Waals surface area (Å²) in [6, 6.07) is 10.1. The molecule has 1 fully saturated rings. The fourth-order valence-electron chi connectivity index (χ4n) is 4.14. The average Bonchev–Trinajstić information content (AvgIpc) is 3.04. The minimum absolute atomic E-state index is 0.0787. The molecule has 1 saturated heterocycles. The van der Waals surface area contributed by atoms with Gasteiger partial charge in [-0.25, -0.2) is 0 Å². The van der Waals surface area contributed by atoms with Crippen molar-refractivity contribution in [3.05, 3.63) is 145 Å². The topological polar surface area (TPSA) is 20.3 Å². The second-order valence-electron chi connectivity index (χ2n) is 6.88. The van der Waals surface area contributed by atoms with Crippen LogP contribution in [0.1, 0.15) is 26.3 Å². The molecule has 1 amide bonds. The first-order chi connectivity index (χ1) is 15.1. The van der Waals surface area contributed by atoms with Crippen molar-refractivity contribution in [2.24, 2.45) is 0 Å². The van der Waals surface area contributed by atoms with E-state index in [1.54, 1.807) is 24.3 Å². The Morgan fingerprint density at radius 2 is 1.55 bits per heavy atom. The third-order valence-electron chi connectivity index (χ3n) is 5.31. The number of likely N-dealkylation sites (tertiary alicyclic amines) is 1. The van der Waals surface area contributed by atoms with Gasteiger partial charge in [0.2, 0.25) is 0 Å². The highest BCUT2D eigenvalue weighted by Gasteiger charge is 2.55. The Morgan fingerprint density at radius 3 is 2.06 bits per heavy atom. The number of carbonyl (C=O) groups excluding carboxylic acids is 1. The molecule has 1 aliphatic heterocycles. The van der Waals surface area contributed by atoms with E-state index in [1.807, 2.05) is 80.3 Å². The van der Waals surface area contributed by atoms with Gasteiger partial charge in [0.15, 0.2) is 0 Å². The average molecular weight is 410 g/mol. The maximum Gasteiger partial charge on any atom is 0.259 e. The number of hydrogen-bond acceptors (Lipinski definition) is 1. The van der Waals surface area contributed by atoms with Gasteiger partial charge < -0.3 is 0 Å². The SMILES string of the molecule is C=C/C=C\C(=C/C)N1C(=O)C(=C/C=C)/C(=C\C)C1(C(/C=C\C=C)=C/C)c1ccccc1. The lowest BCUT2D eigenvalue weighted by Crippen LogP contribution is -2.44. The van der Waals surface area contributed by atoms with Crippen molar-refractivity contribution in [1.82, 2.24) is 4.90 Å². The molecule has 1 atom stereocenters. The van der Waals surface area contributed by atoms with Crippen LogP contribution >= 0.6 is 0 Å². The Kier molecular flexibility index (Phi) is 8.33.